The number of halogens is 2. The Kier molecular flexibility index (Phi) is 7.25. The molecule has 1 saturated heterocycles. The zero-order valence-electron chi connectivity index (χ0n) is 17.9. The third-order valence-electron chi connectivity index (χ3n) is 5.72. The number of nitrogens with zero attached hydrogens (tertiary/aromatic N) is 3. The number of carbonyl (C=O) groups excluding carboxylic acids is 1. The highest BCUT2D eigenvalue weighted by Gasteiger charge is 2.31. The van der Waals surface area contributed by atoms with E-state index in [1.54, 1.807) is 41.6 Å². The van der Waals surface area contributed by atoms with Crippen LogP contribution in [0.3, 0.4) is 0 Å². The van der Waals surface area contributed by atoms with Gasteiger partial charge >= 0.3 is 0 Å². The van der Waals surface area contributed by atoms with Crippen molar-refractivity contribution in [2.75, 3.05) is 26.2 Å². The van der Waals surface area contributed by atoms with Crippen molar-refractivity contribution in [2.24, 2.45) is 0 Å². The molecular formula is C24H21Cl2N3O3S2. The number of carbonyl (C=O) groups is 1. The predicted octanol–water partition coefficient (Wildman–Crippen LogP) is 5.19. The molecule has 10 heteroatoms. The lowest BCUT2D eigenvalue weighted by atomic mass is 10.1. The molecule has 0 bridgehead atoms. The number of aromatic nitrogens is 1. The van der Waals surface area contributed by atoms with E-state index in [9.17, 15) is 13.2 Å². The Morgan fingerprint density at radius 1 is 0.882 bits per heavy atom. The monoisotopic (exact) mass is 533 g/mol. The average Bonchev–Trinajstić information content (AvgIpc) is 3.34. The third-order valence-corrected chi connectivity index (χ3v) is 8.97. The van der Waals surface area contributed by atoms with Gasteiger partial charge in [-0.05, 0) is 64.9 Å². The standard InChI is InChI=1S/C24H20ClN3O3S2.ClH/c25-20-3-1-19-16-21(4-2-18(19)15-20)33(30,31)28-13-11-27(12-14-28)24(29)23-6-5-22(32-23)17-7-9-26-10-8-17;/h1-10,15-16H,11-14H2;1H. The third kappa shape index (κ3) is 4.82. The summed E-state index contributed by atoms with van der Waals surface area (Å²) in [6.45, 7) is 1.22. The van der Waals surface area contributed by atoms with Gasteiger partial charge in [-0.3, -0.25) is 9.78 Å². The summed E-state index contributed by atoms with van der Waals surface area (Å²) >= 11 is 7.46. The molecule has 1 aliphatic heterocycles. The SMILES string of the molecule is Cl.O=C(c1ccc(-c2ccncc2)s1)N1CCN(S(=O)(=O)c2ccc3cc(Cl)ccc3c2)CC1. The van der Waals surface area contributed by atoms with E-state index in [1.807, 2.05) is 36.4 Å². The number of sulfonamides is 1. The molecule has 4 aromatic rings. The summed E-state index contributed by atoms with van der Waals surface area (Å²) in [6, 6.07) is 18.0. The quantitative estimate of drug-likeness (QED) is 0.362. The zero-order chi connectivity index (χ0) is 23.0. The van der Waals surface area contributed by atoms with Crippen molar-refractivity contribution in [3.63, 3.8) is 0 Å². The summed E-state index contributed by atoms with van der Waals surface area (Å²) < 4.78 is 27.8. The Morgan fingerprint density at radius 3 is 2.29 bits per heavy atom. The molecule has 5 rings (SSSR count). The van der Waals surface area contributed by atoms with Crippen LogP contribution in [0.4, 0.5) is 0 Å². The number of benzene rings is 2. The van der Waals surface area contributed by atoms with Crippen LogP contribution in [0, 0.1) is 0 Å². The average molecular weight is 534 g/mol. The Morgan fingerprint density at radius 2 is 1.56 bits per heavy atom. The van der Waals surface area contributed by atoms with Gasteiger partial charge in [0.15, 0.2) is 0 Å². The Bertz CT molecular complexity index is 1430. The van der Waals surface area contributed by atoms with Crippen LogP contribution < -0.4 is 0 Å². The first-order valence-electron chi connectivity index (χ1n) is 10.4. The smallest absolute Gasteiger partial charge is 0.264 e. The van der Waals surface area contributed by atoms with E-state index in [4.69, 9.17) is 11.6 Å². The first-order valence-corrected chi connectivity index (χ1v) is 13.0. The summed E-state index contributed by atoms with van der Waals surface area (Å²) in [6.07, 6.45) is 3.45. The number of amides is 1. The lowest BCUT2D eigenvalue weighted by molar-refractivity contribution is 0.0703. The molecule has 1 fully saturated rings. The minimum absolute atomic E-state index is 0. The lowest BCUT2D eigenvalue weighted by Gasteiger charge is -2.33. The summed E-state index contributed by atoms with van der Waals surface area (Å²) in [7, 11) is -3.65. The van der Waals surface area contributed by atoms with Crippen LogP contribution in [0.1, 0.15) is 9.67 Å². The molecule has 0 spiro atoms. The first-order chi connectivity index (χ1) is 15.9. The number of pyridine rings is 1. The van der Waals surface area contributed by atoms with E-state index < -0.39 is 10.0 Å². The van der Waals surface area contributed by atoms with Gasteiger partial charge in [-0.2, -0.15) is 4.31 Å². The Labute approximate surface area is 213 Å². The van der Waals surface area contributed by atoms with E-state index in [2.05, 4.69) is 4.98 Å². The topological polar surface area (TPSA) is 70.6 Å². The van der Waals surface area contributed by atoms with E-state index in [0.717, 1.165) is 21.2 Å². The van der Waals surface area contributed by atoms with Gasteiger partial charge in [0.25, 0.3) is 5.91 Å². The summed E-state index contributed by atoms with van der Waals surface area (Å²) in [5.74, 6) is -0.0695. The van der Waals surface area contributed by atoms with E-state index >= 15 is 0 Å². The Hall–Kier alpha value is -2.49. The molecule has 0 N–H and O–H groups in total. The lowest BCUT2D eigenvalue weighted by Crippen LogP contribution is -2.50. The molecule has 0 saturated carbocycles. The minimum atomic E-state index is -3.65. The van der Waals surface area contributed by atoms with E-state index in [-0.39, 0.29) is 36.3 Å². The number of hydrogen-bond donors (Lipinski definition) is 0. The molecule has 0 aliphatic carbocycles. The van der Waals surface area contributed by atoms with Gasteiger partial charge in [-0.1, -0.05) is 23.7 Å². The second kappa shape index (κ2) is 10.0. The van der Waals surface area contributed by atoms with Gasteiger partial charge in [0.2, 0.25) is 10.0 Å². The van der Waals surface area contributed by atoms with Crippen molar-refractivity contribution in [1.82, 2.24) is 14.2 Å². The fraction of sp³-hybridized carbons (Fsp3) is 0.167. The molecule has 2 aromatic carbocycles. The van der Waals surface area contributed by atoms with Crippen LogP contribution in [-0.4, -0.2) is 54.7 Å². The molecule has 0 atom stereocenters. The highest BCUT2D eigenvalue weighted by Crippen LogP contribution is 2.29. The Balaban J connectivity index is 0.00000274. The van der Waals surface area contributed by atoms with Crippen molar-refractivity contribution in [1.29, 1.82) is 0 Å². The molecule has 3 heterocycles. The number of rotatable bonds is 4. The van der Waals surface area contributed by atoms with Gasteiger partial charge in [-0.25, -0.2) is 8.42 Å². The fourth-order valence-electron chi connectivity index (χ4n) is 3.92. The van der Waals surface area contributed by atoms with Crippen LogP contribution in [0.5, 0.6) is 0 Å². The normalized spacial score (nSPS) is 14.7. The fourth-order valence-corrected chi connectivity index (χ4v) is 6.53. The zero-order valence-corrected chi connectivity index (χ0v) is 21.1. The molecule has 34 heavy (non-hydrogen) atoms. The summed E-state index contributed by atoms with van der Waals surface area (Å²) in [5, 5.41) is 2.31. The maximum absolute atomic E-state index is 13.2. The van der Waals surface area contributed by atoms with Crippen molar-refractivity contribution < 1.29 is 13.2 Å². The molecule has 0 unspecified atom stereocenters. The van der Waals surface area contributed by atoms with Crippen LogP contribution in [0.25, 0.3) is 21.2 Å². The van der Waals surface area contributed by atoms with Crippen LogP contribution in [-0.2, 0) is 10.0 Å². The maximum atomic E-state index is 13.2. The molecule has 1 amide bonds. The summed E-state index contributed by atoms with van der Waals surface area (Å²) in [5.41, 5.74) is 1.02. The van der Waals surface area contributed by atoms with E-state index in [0.29, 0.717) is 23.0 Å². The van der Waals surface area contributed by atoms with Crippen molar-refractivity contribution in [3.8, 4) is 10.4 Å². The van der Waals surface area contributed by atoms with Crippen molar-refractivity contribution in [2.45, 2.75) is 4.90 Å². The van der Waals surface area contributed by atoms with Gasteiger partial charge in [0, 0.05) is 48.5 Å². The van der Waals surface area contributed by atoms with Crippen LogP contribution in [0.15, 0.2) is 78.0 Å². The largest absolute Gasteiger partial charge is 0.335 e. The van der Waals surface area contributed by atoms with Crippen molar-refractivity contribution >= 4 is 62.0 Å². The van der Waals surface area contributed by atoms with E-state index in [1.165, 1.54) is 15.6 Å². The van der Waals surface area contributed by atoms with Crippen LogP contribution in [0.2, 0.25) is 5.02 Å². The van der Waals surface area contributed by atoms with Gasteiger partial charge in [0.05, 0.1) is 9.77 Å². The molecule has 0 radical (unpaired) electrons. The number of hydrogen-bond acceptors (Lipinski definition) is 5. The predicted molar refractivity (Wildman–Crippen MR) is 138 cm³/mol. The molecule has 6 nitrogen and oxygen atoms in total. The number of fused-ring (bicyclic) bond motifs is 1. The molecular weight excluding hydrogens is 513 g/mol. The van der Waals surface area contributed by atoms with Gasteiger partial charge < -0.3 is 4.90 Å². The molecule has 2 aromatic heterocycles. The van der Waals surface area contributed by atoms with Crippen LogP contribution >= 0.6 is 35.3 Å². The number of thiophene rings is 1. The van der Waals surface area contributed by atoms with Gasteiger partial charge in [-0.15, -0.1) is 23.7 Å². The van der Waals surface area contributed by atoms with Crippen molar-refractivity contribution in [3.05, 3.63) is 83.0 Å². The van der Waals surface area contributed by atoms with Gasteiger partial charge in [0.1, 0.15) is 0 Å². The molecule has 1 aliphatic rings. The highest BCUT2D eigenvalue weighted by molar-refractivity contribution is 7.89. The second-order valence-electron chi connectivity index (χ2n) is 7.75. The maximum Gasteiger partial charge on any atom is 0.264 e. The number of piperazine rings is 1. The highest BCUT2D eigenvalue weighted by atomic mass is 35.5. The minimum Gasteiger partial charge on any atom is -0.335 e. The first kappa shape index (κ1) is 24.6. The second-order valence-corrected chi connectivity index (χ2v) is 11.2. The summed E-state index contributed by atoms with van der Waals surface area (Å²) in [4.78, 5) is 20.6. The molecule has 176 valence electrons.